The Bertz CT molecular complexity index is 850. The van der Waals surface area contributed by atoms with Crippen molar-refractivity contribution in [3.8, 4) is 0 Å². The Balaban J connectivity index is 1.66. The van der Waals surface area contributed by atoms with Crippen LogP contribution in [0.2, 0.25) is 0 Å². The summed E-state index contributed by atoms with van der Waals surface area (Å²) in [6.07, 6.45) is 2.00. The summed E-state index contributed by atoms with van der Waals surface area (Å²) in [5.74, 6) is 1.69. The molecule has 0 amide bonds. The highest BCUT2D eigenvalue weighted by Gasteiger charge is 2.32. The number of benzene rings is 2. The van der Waals surface area contributed by atoms with Crippen molar-refractivity contribution in [3.63, 3.8) is 0 Å². The van der Waals surface area contributed by atoms with Crippen LogP contribution in [0.3, 0.4) is 0 Å². The topological polar surface area (TPSA) is 69.2 Å². The van der Waals surface area contributed by atoms with Crippen molar-refractivity contribution in [1.29, 1.82) is 0 Å². The lowest BCUT2D eigenvalue weighted by Gasteiger charge is -2.38. The van der Waals surface area contributed by atoms with E-state index in [1.807, 2.05) is 18.2 Å². The molecule has 0 aromatic heterocycles. The zero-order valence-corrected chi connectivity index (χ0v) is 16.5. The van der Waals surface area contributed by atoms with Gasteiger partial charge >= 0.3 is 0 Å². The van der Waals surface area contributed by atoms with Crippen LogP contribution in [0.5, 0.6) is 0 Å². The largest absolute Gasteiger partial charge is 0.368 e. The zero-order valence-electron chi connectivity index (χ0n) is 16.5. The number of likely N-dealkylation sites (tertiary alicyclic amines) is 1. The number of nitrogens with one attached hydrogen (secondary N) is 1. The van der Waals surface area contributed by atoms with E-state index in [2.05, 4.69) is 75.3 Å². The van der Waals surface area contributed by atoms with Crippen LogP contribution in [-0.2, 0) is 0 Å². The highest BCUT2D eigenvalue weighted by molar-refractivity contribution is 6.06. The summed E-state index contributed by atoms with van der Waals surface area (Å²) in [6, 6.07) is 18.8. The normalized spacial score (nSPS) is 19.6. The van der Waals surface area contributed by atoms with Crippen LogP contribution in [0.4, 0.5) is 11.4 Å². The molecule has 6 heteroatoms. The third-order valence-corrected chi connectivity index (χ3v) is 5.23. The van der Waals surface area contributed by atoms with Gasteiger partial charge in [-0.15, -0.1) is 0 Å². The number of hydrogen-bond acceptors (Lipinski definition) is 6. The van der Waals surface area contributed by atoms with E-state index in [1.165, 1.54) is 18.4 Å². The molecule has 0 bridgehead atoms. The quantitative estimate of drug-likeness (QED) is 0.852. The maximum atomic E-state index is 6.11. The Kier molecular flexibility index (Phi) is 5.19. The van der Waals surface area contributed by atoms with Crippen LogP contribution in [0.1, 0.15) is 38.2 Å². The number of para-hydroxylation sites is 1. The Morgan fingerprint density at radius 2 is 1.68 bits per heavy atom. The van der Waals surface area contributed by atoms with Crippen LogP contribution < -0.4 is 16.0 Å². The summed E-state index contributed by atoms with van der Waals surface area (Å²) in [7, 11) is 0. The third kappa shape index (κ3) is 3.81. The number of aliphatic imine (C=N–C) groups is 2. The number of nitrogens with zero attached hydrogens (tertiary/aromatic N) is 4. The van der Waals surface area contributed by atoms with E-state index in [4.69, 9.17) is 5.73 Å². The second-order valence-electron chi connectivity index (χ2n) is 7.59. The molecule has 4 rings (SSSR count). The Labute approximate surface area is 166 Å². The zero-order chi connectivity index (χ0) is 19.5. The van der Waals surface area contributed by atoms with Gasteiger partial charge in [0.1, 0.15) is 0 Å². The summed E-state index contributed by atoms with van der Waals surface area (Å²) in [6.45, 7) is 6.38. The Hall–Kier alpha value is -3.02. The molecule has 2 aromatic rings. The molecule has 0 aliphatic carbocycles. The van der Waals surface area contributed by atoms with Gasteiger partial charge in [0.15, 0.2) is 0 Å². The van der Waals surface area contributed by atoms with Crippen molar-refractivity contribution in [2.24, 2.45) is 15.7 Å². The first kappa shape index (κ1) is 18.3. The van der Waals surface area contributed by atoms with E-state index in [0.29, 0.717) is 11.9 Å². The van der Waals surface area contributed by atoms with E-state index in [0.717, 1.165) is 30.4 Å². The fourth-order valence-electron chi connectivity index (χ4n) is 3.67. The number of hydrogen-bond donors (Lipinski definition) is 2. The van der Waals surface area contributed by atoms with Crippen LogP contribution in [-0.4, -0.2) is 36.2 Å². The number of anilines is 2. The van der Waals surface area contributed by atoms with Gasteiger partial charge in [-0.25, -0.2) is 4.99 Å². The summed E-state index contributed by atoms with van der Waals surface area (Å²) < 4.78 is 0. The summed E-state index contributed by atoms with van der Waals surface area (Å²) in [4.78, 5) is 13.7. The maximum Gasteiger partial charge on any atom is 0.222 e. The summed E-state index contributed by atoms with van der Waals surface area (Å²) >= 11 is 0. The molecule has 2 heterocycles. The van der Waals surface area contributed by atoms with E-state index in [9.17, 15) is 0 Å². The van der Waals surface area contributed by atoms with E-state index >= 15 is 0 Å². The molecule has 1 saturated heterocycles. The molecule has 0 radical (unpaired) electrons. The minimum atomic E-state index is -0.347. The molecule has 2 aromatic carbocycles. The first-order chi connectivity index (χ1) is 13.6. The first-order valence-corrected chi connectivity index (χ1v) is 9.99. The van der Waals surface area contributed by atoms with Crippen LogP contribution >= 0.6 is 0 Å². The lowest BCUT2D eigenvalue weighted by Crippen LogP contribution is -2.54. The van der Waals surface area contributed by atoms with Gasteiger partial charge < -0.3 is 16.0 Å². The fourth-order valence-corrected chi connectivity index (χ4v) is 3.67. The van der Waals surface area contributed by atoms with Crippen molar-refractivity contribution in [2.45, 2.75) is 38.9 Å². The first-order valence-electron chi connectivity index (χ1n) is 9.99. The van der Waals surface area contributed by atoms with Gasteiger partial charge in [-0.3, -0.25) is 4.90 Å². The van der Waals surface area contributed by atoms with Gasteiger partial charge in [0.2, 0.25) is 18.2 Å². The molecule has 2 aliphatic heterocycles. The lowest BCUT2D eigenvalue weighted by molar-refractivity contribution is 0.497. The van der Waals surface area contributed by atoms with Crippen molar-refractivity contribution in [1.82, 2.24) is 4.90 Å². The Morgan fingerprint density at radius 1 is 1.00 bits per heavy atom. The molecule has 146 valence electrons. The molecule has 1 unspecified atom stereocenters. The molecule has 2 aliphatic rings. The minimum Gasteiger partial charge on any atom is -0.368 e. The SMILES string of the molecule is CC(C)c1ccc(NC2N=C(N)N=C(N3CCCC3)N2c2ccccc2)cc1. The molecule has 0 saturated carbocycles. The van der Waals surface area contributed by atoms with E-state index < -0.39 is 0 Å². The predicted molar refractivity (Wildman–Crippen MR) is 117 cm³/mol. The van der Waals surface area contributed by atoms with Crippen LogP contribution in [0.25, 0.3) is 0 Å². The van der Waals surface area contributed by atoms with Gasteiger partial charge in [-0.05, 0) is 48.6 Å². The van der Waals surface area contributed by atoms with Crippen molar-refractivity contribution < 1.29 is 0 Å². The standard InChI is InChI=1S/C22H28N6/c1-16(2)17-10-12-18(13-11-17)24-21-25-20(23)26-22(27-14-6-7-15-27)28(21)19-8-4-3-5-9-19/h3-5,8-13,16,21,24H,6-7,14-15H2,1-2H3,(H2,23,25). The average Bonchev–Trinajstić information content (AvgIpc) is 3.23. The van der Waals surface area contributed by atoms with E-state index in [1.54, 1.807) is 0 Å². The van der Waals surface area contributed by atoms with Gasteiger partial charge in [-0.2, -0.15) is 4.99 Å². The highest BCUT2D eigenvalue weighted by atomic mass is 15.5. The van der Waals surface area contributed by atoms with Crippen LogP contribution in [0, 0.1) is 0 Å². The molecule has 3 N–H and O–H groups in total. The summed E-state index contributed by atoms with van der Waals surface area (Å²) in [5, 5.41) is 3.53. The second-order valence-corrected chi connectivity index (χ2v) is 7.59. The number of guanidine groups is 2. The van der Waals surface area contributed by atoms with Crippen LogP contribution in [0.15, 0.2) is 64.6 Å². The molecule has 6 nitrogen and oxygen atoms in total. The predicted octanol–water partition coefficient (Wildman–Crippen LogP) is 3.79. The van der Waals surface area contributed by atoms with E-state index in [-0.39, 0.29) is 6.29 Å². The minimum absolute atomic E-state index is 0.311. The number of nitrogens with two attached hydrogens (primary N) is 1. The van der Waals surface area contributed by atoms with Crippen molar-refractivity contribution in [3.05, 3.63) is 60.2 Å². The average molecular weight is 377 g/mol. The highest BCUT2D eigenvalue weighted by Crippen LogP contribution is 2.26. The second kappa shape index (κ2) is 7.92. The molecule has 0 spiro atoms. The molecule has 28 heavy (non-hydrogen) atoms. The smallest absolute Gasteiger partial charge is 0.222 e. The third-order valence-electron chi connectivity index (χ3n) is 5.23. The van der Waals surface area contributed by atoms with Gasteiger partial charge in [0.05, 0.1) is 0 Å². The maximum absolute atomic E-state index is 6.11. The van der Waals surface area contributed by atoms with Crippen molar-refractivity contribution in [2.75, 3.05) is 23.3 Å². The molecular weight excluding hydrogens is 348 g/mol. The number of rotatable bonds is 4. The molecule has 1 fully saturated rings. The molecular formula is C22H28N6. The lowest BCUT2D eigenvalue weighted by atomic mass is 10.0. The van der Waals surface area contributed by atoms with Gasteiger partial charge in [0, 0.05) is 24.5 Å². The van der Waals surface area contributed by atoms with Crippen molar-refractivity contribution >= 4 is 23.3 Å². The Morgan fingerprint density at radius 3 is 2.32 bits per heavy atom. The van der Waals surface area contributed by atoms with Gasteiger partial charge in [-0.1, -0.05) is 44.2 Å². The monoisotopic (exact) mass is 376 g/mol. The summed E-state index contributed by atoms with van der Waals surface area (Å²) in [5.41, 5.74) is 9.48. The fraction of sp³-hybridized carbons (Fsp3) is 0.364. The van der Waals surface area contributed by atoms with Gasteiger partial charge in [0.25, 0.3) is 0 Å². The molecule has 1 atom stereocenters.